The van der Waals surface area contributed by atoms with Crippen LogP contribution in [0.4, 0.5) is 0 Å². The average molecular weight is 286 g/mol. The van der Waals surface area contributed by atoms with Crippen molar-refractivity contribution in [3.05, 3.63) is 11.1 Å². The van der Waals surface area contributed by atoms with Crippen molar-refractivity contribution in [3.63, 3.8) is 0 Å². The number of carbonyl (C=O) groups is 4. The molecular weight excluding hydrogens is 279 g/mol. The van der Waals surface area contributed by atoms with Crippen LogP contribution in [0.2, 0.25) is 0 Å². The summed E-state index contributed by atoms with van der Waals surface area (Å²) in [5.74, 6) is -7.24. The molecule has 1 heterocycles. The maximum Gasteiger partial charge on any atom is 1.00 e. The molecule has 0 aromatic rings. The zero-order valence-corrected chi connectivity index (χ0v) is 12.1. The van der Waals surface area contributed by atoms with Gasteiger partial charge < -0.3 is 26.6 Å². The van der Waals surface area contributed by atoms with E-state index in [4.69, 9.17) is 20.4 Å². The third-order valence-electron chi connectivity index (χ3n) is 2.00. The minimum absolute atomic E-state index is 0. The van der Waals surface area contributed by atoms with Crippen LogP contribution in [-0.4, -0.2) is 56.5 Å². The van der Waals surface area contributed by atoms with Gasteiger partial charge in [-0.1, -0.05) is 0 Å². The molecule has 2 unspecified atom stereocenters. The van der Waals surface area contributed by atoms with Gasteiger partial charge in [0, 0.05) is 0 Å². The van der Waals surface area contributed by atoms with Gasteiger partial charge in [0.25, 0.3) is 0 Å². The Bertz CT molecular complexity index is 417. The van der Waals surface area contributed by atoms with Gasteiger partial charge in [0.1, 0.15) is 0 Å². The molecule has 0 amide bonds. The van der Waals surface area contributed by atoms with Gasteiger partial charge in [0.2, 0.25) is 0 Å². The van der Waals surface area contributed by atoms with Gasteiger partial charge in [-0.25, -0.2) is 19.2 Å². The first-order valence-electron chi connectivity index (χ1n) is 4.09. The van der Waals surface area contributed by atoms with Gasteiger partial charge in [0.15, 0.2) is 12.2 Å². The number of rotatable bonds is 4. The quantitative estimate of drug-likeness (QED) is 0.373. The molecule has 0 bridgehead atoms. The van der Waals surface area contributed by atoms with E-state index in [1.54, 1.807) is 0 Å². The van der Waals surface area contributed by atoms with Crippen LogP contribution in [0.3, 0.4) is 0 Å². The Morgan fingerprint density at radius 2 is 1.11 bits per heavy atom. The van der Waals surface area contributed by atoms with Crippen LogP contribution in [0.15, 0.2) is 11.1 Å². The normalized spacial score (nSPS) is 22.2. The van der Waals surface area contributed by atoms with Crippen LogP contribution in [0, 0.1) is 0 Å². The first-order chi connectivity index (χ1) is 7.77. The molecule has 4 N–H and O–H groups in total. The van der Waals surface area contributed by atoms with E-state index in [1.165, 1.54) is 0 Å². The molecule has 0 radical (unpaired) electrons. The Kier molecular flexibility index (Phi) is 6.12. The Labute approximate surface area is 143 Å². The van der Waals surface area contributed by atoms with E-state index in [0.717, 1.165) is 0 Å². The summed E-state index contributed by atoms with van der Waals surface area (Å²) >= 11 is 0. The summed E-state index contributed by atoms with van der Waals surface area (Å²) in [6.07, 6.45) is -4.22. The molecule has 0 aromatic heterocycles. The van der Waals surface area contributed by atoms with Crippen LogP contribution in [-0.2, 0) is 23.9 Å². The fourth-order valence-corrected chi connectivity index (χ4v) is 1.37. The molecule has 0 saturated carbocycles. The molecule has 1 aliphatic heterocycles. The van der Waals surface area contributed by atoms with Crippen LogP contribution < -0.4 is 51.4 Å². The van der Waals surface area contributed by atoms with Crippen LogP contribution in [0.1, 0.15) is 1.43 Å². The van der Waals surface area contributed by atoms with Crippen molar-refractivity contribution in [3.8, 4) is 0 Å². The van der Waals surface area contributed by atoms with Gasteiger partial charge in [-0.2, -0.15) is 0 Å². The van der Waals surface area contributed by atoms with Crippen molar-refractivity contribution in [2.75, 3.05) is 0 Å². The Balaban J connectivity index is 0. The van der Waals surface area contributed by atoms with Crippen molar-refractivity contribution in [1.29, 1.82) is 0 Å². The second-order valence-electron chi connectivity index (χ2n) is 3.01. The third-order valence-corrected chi connectivity index (χ3v) is 2.00. The fraction of sp³-hybridized carbons (Fsp3) is 0.250. The standard InChI is InChI=1S/C8H6O9.K.H/c9-5(10)1-2(6(11)12)4(8(15)16)17-3(1)7(13)14;;/h3-4H,(H,9,10)(H,11,12)(H,13,14)(H,15,16);;/q;+1;-1. The number of hydrogen-bond acceptors (Lipinski definition) is 5. The van der Waals surface area contributed by atoms with Crippen LogP contribution >= 0.6 is 0 Å². The summed E-state index contributed by atoms with van der Waals surface area (Å²) in [5.41, 5.74) is -2.17. The monoisotopic (exact) mass is 286 g/mol. The van der Waals surface area contributed by atoms with E-state index in [0.29, 0.717) is 0 Å². The molecule has 0 saturated heterocycles. The van der Waals surface area contributed by atoms with E-state index in [1.807, 2.05) is 0 Å². The fourth-order valence-electron chi connectivity index (χ4n) is 1.37. The Hall–Kier alpha value is -0.784. The van der Waals surface area contributed by atoms with E-state index < -0.39 is 47.2 Å². The first kappa shape index (κ1) is 17.2. The molecule has 9 nitrogen and oxygen atoms in total. The van der Waals surface area contributed by atoms with Gasteiger partial charge in [0.05, 0.1) is 11.1 Å². The maximum absolute atomic E-state index is 10.7. The van der Waals surface area contributed by atoms with Gasteiger partial charge >= 0.3 is 75.3 Å². The summed E-state index contributed by atoms with van der Waals surface area (Å²) in [5, 5.41) is 34.6. The predicted molar refractivity (Wildman–Crippen MR) is 47.3 cm³/mol. The first-order valence-corrected chi connectivity index (χ1v) is 4.09. The molecule has 0 aromatic carbocycles. The van der Waals surface area contributed by atoms with Crippen molar-refractivity contribution in [1.82, 2.24) is 0 Å². The smallest absolute Gasteiger partial charge is 1.00 e. The van der Waals surface area contributed by atoms with Gasteiger partial charge in [-0.15, -0.1) is 0 Å². The average Bonchev–Trinajstić information content (AvgIpc) is 2.56. The second-order valence-corrected chi connectivity index (χ2v) is 3.01. The summed E-state index contributed by atoms with van der Waals surface area (Å²) < 4.78 is 4.40. The zero-order chi connectivity index (χ0) is 13.3. The maximum atomic E-state index is 10.7. The minimum Gasteiger partial charge on any atom is -1.00 e. The SMILES string of the molecule is O=C(O)C1=C(C(=O)O)C(C(=O)O)OC1C(=O)O.[H-].[K+]. The van der Waals surface area contributed by atoms with Crippen molar-refractivity contribution in [2.24, 2.45) is 0 Å². The van der Waals surface area contributed by atoms with Crippen molar-refractivity contribution in [2.45, 2.75) is 12.2 Å². The summed E-state index contributed by atoms with van der Waals surface area (Å²) in [6.45, 7) is 0. The van der Waals surface area contributed by atoms with Crippen LogP contribution in [0.25, 0.3) is 0 Å². The minimum atomic E-state index is -2.11. The zero-order valence-electron chi connectivity index (χ0n) is 9.98. The number of carboxylic acids is 4. The molecule has 10 heteroatoms. The largest absolute Gasteiger partial charge is 1.00 e. The molecule has 0 aliphatic carbocycles. The topological polar surface area (TPSA) is 158 Å². The molecule has 0 spiro atoms. The number of aliphatic carboxylic acids is 4. The molecule has 1 aliphatic rings. The molecule has 1 rings (SSSR count). The predicted octanol–water partition coefficient (Wildman–Crippen LogP) is -4.49. The van der Waals surface area contributed by atoms with Gasteiger partial charge in [-0.3, -0.25) is 0 Å². The van der Waals surface area contributed by atoms with E-state index in [9.17, 15) is 19.2 Å². The molecule has 94 valence electrons. The molecule has 0 fully saturated rings. The van der Waals surface area contributed by atoms with E-state index in [-0.39, 0.29) is 52.8 Å². The molecular formula is C8H7KO9. The van der Waals surface area contributed by atoms with Crippen molar-refractivity contribution < 1.29 is 97.2 Å². The summed E-state index contributed by atoms with van der Waals surface area (Å²) in [7, 11) is 0. The van der Waals surface area contributed by atoms with E-state index in [2.05, 4.69) is 4.74 Å². The summed E-state index contributed by atoms with van der Waals surface area (Å²) in [6, 6.07) is 0. The Morgan fingerprint density at radius 3 is 1.28 bits per heavy atom. The molecule has 18 heavy (non-hydrogen) atoms. The Morgan fingerprint density at radius 1 is 0.833 bits per heavy atom. The van der Waals surface area contributed by atoms with Crippen LogP contribution in [0.5, 0.6) is 0 Å². The number of hydrogen-bond donors (Lipinski definition) is 4. The third kappa shape index (κ3) is 3.16. The molecule has 2 atom stereocenters. The van der Waals surface area contributed by atoms with Crippen molar-refractivity contribution >= 4 is 23.9 Å². The number of ether oxygens (including phenoxy) is 1. The van der Waals surface area contributed by atoms with Gasteiger partial charge in [-0.05, 0) is 0 Å². The second kappa shape index (κ2) is 6.40. The van der Waals surface area contributed by atoms with E-state index >= 15 is 0 Å². The summed E-state index contributed by atoms with van der Waals surface area (Å²) in [4.78, 5) is 42.8. The number of carboxylic acid groups (broad SMARTS) is 4.